The van der Waals surface area contributed by atoms with Crippen molar-refractivity contribution in [1.82, 2.24) is 0 Å². The molecule has 0 unspecified atom stereocenters. The van der Waals surface area contributed by atoms with E-state index < -0.39 is 9.84 Å². The van der Waals surface area contributed by atoms with Gasteiger partial charge in [-0.15, -0.1) is 24.8 Å². The molecule has 0 N–H and O–H groups in total. The third-order valence-corrected chi connectivity index (χ3v) is 3.03. The summed E-state index contributed by atoms with van der Waals surface area (Å²) in [6, 6.07) is 16.3. The molecule has 2 nitrogen and oxygen atoms in total. The average molecular weight is 341 g/mol. The van der Waals surface area contributed by atoms with E-state index in [1.54, 1.807) is 48.5 Å². The molecule has 0 aliphatic rings. The van der Waals surface area contributed by atoms with Crippen molar-refractivity contribution in [3.8, 4) is 0 Å². The van der Waals surface area contributed by atoms with E-state index in [-0.39, 0.29) is 38.1 Å². The molecule has 0 spiro atoms. The van der Waals surface area contributed by atoms with Crippen LogP contribution >= 0.6 is 24.8 Å². The fraction of sp³-hybridized carbons (Fsp3) is 0.143. The topological polar surface area (TPSA) is 34.1 Å². The van der Waals surface area contributed by atoms with Crippen molar-refractivity contribution in [3.63, 3.8) is 0 Å². The quantitative estimate of drug-likeness (QED) is 0.771. The second-order valence-corrected chi connectivity index (χ2v) is 5.40. The lowest BCUT2D eigenvalue weighted by molar-refractivity contribution is 0.602. The number of benzene rings is 2. The van der Waals surface area contributed by atoms with Gasteiger partial charge in [0.15, 0.2) is 9.84 Å². The summed E-state index contributed by atoms with van der Waals surface area (Å²) in [5.41, 5.74) is 0. The Morgan fingerprint density at radius 3 is 1.35 bits per heavy atom. The molecule has 114 valence electrons. The first-order valence-corrected chi connectivity index (χ1v) is 6.85. The molecular formula is C14H19Cl2FO2S. The zero-order chi connectivity index (χ0) is 12.7. The smallest absolute Gasteiger partial charge is 0.175 e. The summed E-state index contributed by atoms with van der Waals surface area (Å²) in [5, 5.41) is 0. The Morgan fingerprint density at radius 2 is 1.15 bits per heavy atom. The van der Waals surface area contributed by atoms with Gasteiger partial charge in [0.25, 0.3) is 0 Å². The van der Waals surface area contributed by atoms with E-state index in [9.17, 15) is 12.8 Å². The second kappa shape index (κ2) is 11.7. The molecule has 2 aromatic rings. The molecule has 0 heterocycles. The Labute approximate surface area is 132 Å². The Kier molecular flexibility index (Phi) is 14.0. The monoisotopic (exact) mass is 340 g/mol. The van der Waals surface area contributed by atoms with Crippen molar-refractivity contribution in [2.75, 3.05) is 6.26 Å². The van der Waals surface area contributed by atoms with Gasteiger partial charge in [-0.2, -0.15) is 0 Å². The standard InChI is InChI=1S/C7H8O2S.C6H5F.CH4.2ClH/c1-10(8,9)7-5-3-2-4-6-7;7-6-4-2-1-3-5-6;;;/h2-6H,1H3;1-5H;1H4;2*1H. The third kappa shape index (κ3) is 9.78. The van der Waals surface area contributed by atoms with Gasteiger partial charge in [-0.05, 0) is 24.3 Å². The molecule has 2 aromatic carbocycles. The maximum atomic E-state index is 11.9. The molecule has 0 amide bonds. The van der Waals surface area contributed by atoms with E-state index >= 15 is 0 Å². The largest absolute Gasteiger partial charge is 0.224 e. The van der Waals surface area contributed by atoms with Gasteiger partial charge in [0.1, 0.15) is 5.82 Å². The summed E-state index contributed by atoms with van der Waals surface area (Å²) in [4.78, 5) is 0.370. The minimum atomic E-state index is -3.00. The highest BCUT2D eigenvalue weighted by atomic mass is 35.5. The van der Waals surface area contributed by atoms with Crippen LogP contribution in [0.25, 0.3) is 0 Å². The highest BCUT2D eigenvalue weighted by Gasteiger charge is 2.02. The summed E-state index contributed by atoms with van der Waals surface area (Å²) >= 11 is 0. The van der Waals surface area contributed by atoms with Crippen LogP contribution in [0.2, 0.25) is 0 Å². The van der Waals surface area contributed by atoms with Crippen LogP contribution in [0.4, 0.5) is 4.39 Å². The first-order valence-electron chi connectivity index (χ1n) is 4.96. The van der Waals surface area contributed by atoms with Crippen LogP contribution in [0.5, 0.6) is 0 Å². The van der Waals surface area contributed by atoms with Crippen LogP contribution < -0.4 is 0 Å². The number of halogens is 3. The van der Waals surface area contributed by atoms with Crippen LogP contribution in [0.1, 0.15) is 7.43 Å². The minimum absolute atomic E-state index is 0. The van der Waals surface area contributed by atoms with Crippen LogP contribution in [0.3, 0.4) is 0 Å². The van der Waals surface area contributed by atoms with Crippen molar-refractivity contribution >= 4 is 34.7 Å². The van der Waals surface area contributed by atoms with E-state index in [1.807, 2.05) is 0 Å². The predicted molar refractivity (Wildman–Crippen MR) is 87.2 cm³/mol. The molecule has 0 aromatic heterocycles. The summed E-state index contributed by atoms with van der Waals surface area (Å²) in [5.74, 6) is -0.178. The summed E-state index contributed by atoms with van der Waals surface area (Å²) < 4.78 is 33.6. The second-order valence-electron chi connectivity index (χ2n) is 3.38. The number of hydrogen-bond donors (Lipinski definition) is 0. The van der Waals surface area contributed by atoms with Crippen LogP contribution in [0, 0.1) is 5.82 Å². The Bertz CT molecular complexity index is 546. The zero-order valence-electron chi connectivity index (χ0n) is 10.2. The zero-order valence-corrected chi connectivity index (χ0v) is 12.6. The van der Waals surface area contributed by atoms with E-state index in [0.29, 0.717) is 4.90 Å². The molecule has 6 heteroatoms. The molecule has 2 rings (SSSR count). The van der Waals surface area contributed by atoms with Gasteiger partial charge in [0.2, 0.25) is 0 Å². The van der Waals surface area contributed by atoms with Gasteiger partial charge in [-0.1, -0.05) is 43.8 Å². The molecular weight excluding hydrogens is 322 g/mol. The average Bonchev–Trinajstić information content (AvgIpc) is 2.31. The van der Waals surface area contributed by atoms with Crippen molar-refractivity contribution in [2.45, 2.75) is 12.3 Å². The SMILES string of the molecule is C.CS(=O)(=O)c1ccccc1.Cl.Cl.Fc1ccccc1. The normalized spacial score (nSPS) is 8.70. The molecule has 20 heavy (non-hydrogen) atoms. The Balaban J connectivity index is -0.000000262. The maximum Gasteiger partial charge on any atom is 0.175 e. The molecule has 0 aliphatic carbocycles. The minimum Gasteiger partial charge on any atom is -0.224 e. The van der Waals surface area contributed by atoms with Crippen molar-refractivity contribution in [3.05, 3.63) is 66.5 Å². The summed E-state index contributed by atoms with van der Waals surface area (Å²) in [7, 11) is -3.00. The van der Waals surface area contributed by atoms with Gasteiger partial charge in [0.05, 0.1) is 4.90 Å². The number of sulfone groups is 1. The van der Waals surface area contributed by atoms with Gasteiger partial charge < -0.3 is 0 Å². The van der Waals surface area contributed by atoms with Crippen molar-refractivity contribution in [1.29, 1.82) is 0 Å². The molecule has 0 saturated heterocycles. The van der Waals surface area contributed by atoms with Crippen molar-refractivity contribution in [2.24, 2.45) is 0 Å². The molecule has 0 fully saturated rings. The van der Waals surface area contributed by atoms with E-state index in [1.165, 1.54) is 18.4 Å². The Morgan fingerprint density at radius 1 is 0.800 bits per heavy atom. The Hall–Kier alpha value is -1.10. The lowest BCUT2D eigenvalue weighted by atomic mass is 10.4. The van der Waals surface area contributed by atoms with E-state index in [4.69, 9.17) is 0 Å². The summed E-state index contributed by atoms with van der Waals surface area (Å²) in [6.07, 6.45) is 1.20. The third-order valence-electron chi connectivity index (χ3n) is 1.90. The van der Waals surface area contributed by atoms with E-state index in [0.717, 1.165) is 0 Å². The predicted octanol–water partition coefficient (Wildman–Crippen LogP) is 4.40. The van der Waals surface area contributed by atoms with Gasteiger partial charge in [-0.3, -0.25) is 0 Å². The molecule has 0 atom stereocenters. The first-order chi connectivity index (χ1) is 8.00. The molecule has 0 aliphatic heterocycles. The molecule has 0 saturated carbocycles. The lowest BCUT2D eigenvalue weighted by Crippen LogP contribution is -1.95. The number of rotatable bonds is 1. The molecule has 0 bridgehead atoms. The fourth-order valence-electron chi connectivity index (χ4n) is 1.08. The van der Waals surface area contributed by atoms with Crippen LogP contribution in [-0.4, -0.2) is 14.7 Å². The van der Waals surface area contributed by atoms with E-state index in [2.05, 4.69) is 0 Å². The van der Waals surface area contributed by atoms with Crippen LogP contribution in [0.15, 0.2) is 65.6 Å². The first kappa shape index (κ1) is 24.0. The van der Waals surface area contributed by atoms with Gasteiger partial charge in [0, 0.05) is 6.26 Å². The van der Waals surface area contributed by atoms with Crippen molar-refractivity contribution < 1.29 is 12.8 Å². The summed E-state index contributed by atoms with van der Waals surface area (Å²) in [6.45, 7) is 0. The highest BCUT2D eigenvalue weighted by molar-refractivity contribution is 7.90. The lowest BCUT2D eigenvalue weighted by Gasteiger charge is -1.93. The molecule has 0 radical (unpaired) electrons. The fourth-order valence-corrected chi connectivity index (χ4v) is 1.73. The number of hydrogen-bond acceptors (Lipinski definition) is 2. The van der Waals surface area contributed by atoms with Gasteiger partial charge in [-0.25, -0.2) is 12.8 Å². The van der Waals surface area contributed by atoms with Gasteiger partial charge >= 0.3 is 0 Å². The maximum absolute atomic E-state index is 11.9. The highest BCUT2D eigenvalue weighted by Crippen LogP contribution is 2.05. The van der Waals surface area contributed by atoms with Crippen LogP contribution in [-0.2, 0) is 9.84 Å².